The van der Waals surface area contributed by atoms with E-state index in [0.717, 1.165) is 44.0 Å². The van der Waals surface area contributed by atoms with E-state index in [2.05, 4.69) is 27.2 Å². The lowest BCUT2D eigenvalue weighted by Crippen LogP contribution is -3.13. The molecule has 1 aliphatic rings. The molecule has 7 heteroatoms. The molecule has 1 aliphatic heterocycles. The van der Waals surface area contributed by atoms with E-state index in [9.17, 15) is 0 Å². The number of para-hydroxylation sites is 2. The summed E-state index contributed by atoms with van der Waals surface area (Å²) >= 11 is 5.93. The molecule has 1 fully saturated rings. The van der Waals surface area contributed by atoms with E-state index >= 15 is 0 Å². The van der Waals surface area contributed by atoms with Crippen LogP contribution in [-0.4, -0.2) is 43.0 Å². The molecule has 4 rings (SSSR count). The molecule has 146 valence electrons. The van der Waals surface area contributed by atoms with Gasteiger partial charge < -0.3 is 19.0 Å². The topological polar surface area (TPSA) is 55.8 Å². The Labute approximate surface area is 169 Å². The Balaban J connectivity index is 1.36. The minimum absolute atomic E-state index is 0.537. The van der Waals surface area contributed by atoms with Gasteiger partial charge in [-0.1, -0.05) is 23.7 Å². The Hall–Kier alpha value is -2.57. The molecule has 1 saturated heterocycles. The summed E-state index contributed by atoms with van der Waals surface area (Å²) in [6.45, 7) is 7.39. The van der Waals surface area contributed by atoms with Gasteiger partial charge in [-0.05, 0) is 43.3 Å². The van der Waals surface area contributed by atoms with Crippen molar-refractivity contribution in [3.63, 3.8) is 0 Å². The first kappa shape index (κ1) is 18.8. The molecule has 28 heavy (non-hydrogen) atoms. The molecule has 0 bridgehead atoms. The van der Waals surface area contributed by atoms with Crippen LogP contribution < -0.4 is 14.5 Å². The van der Waals surface area contributed by atoms with Crippen molar-refractivity contribution in [1.82, 2.24) is 10.2 Å². The molecule has 2 heterocycles. The van der Waals surface area contributed by atoms with Crippen molar-refractivity contribution >= 4 is 17.3 Å². The third kappa shape index (κ3) is 4.29. The summed E-state index contributed by atoms with van der Waals surface area (Å²) in [5.41, 5.74) is 2.06. The number of aromatic nitrogens is 2. The maximum Gasteiger partial charge on any atom is 0.271 e. The standard InChI is InChI=1S/C21H23ClN4O2/c1-2-27-19-6-4-3-5-18(19)26-13-11-25(12-14-26)15-20-23-24-21(28-20)16-7-9-17(22)10-8-16/h3-10H,2,11-15H2,1H3/p+1. The Morgan fingerprint density at radius 3 is 2.57 bits per heavy atom. The van der Waals surface area contributed by atoms with Crippen LogP contribution in [0.15, 0.2) is 52.9 Å². The number of nitrogens with one attached hydrogen (secondary N) is 1. The average molecular weight is 400 g/mol. The number of ether oxygens (including phenoxy) is 1. The van der Waals surface area contributed by atoms with E-state index < -0.39 is 0 Å². The van der Waals surface area contributed by atoms with E-state index in [-0.39, 0.29) is 0 Å². The van der Waals surface area contributed by atoms with E-state index in [0.29, 0.717) is 23.4 Å². The largest absolute Gasteiger partial charge is 0.492 e. The maximum absolute atomic E-state index is 5.93. The predicted octanol–water partition coefficient (Wildman–Crippen LogP) is 2.69. The molecule has 0 radical (unpaired) electrons. The van der Waals surface area contributed by atoms with Crippen molar-refractivity contribution in [1.29, 1.82) is 0 Å². The normalized spacial score (nSPS) is 15.0. The zero-order valence-electron chi connectivity index (χ0n) is 15.9. The van der Waals surface area contributed by atoms with Crippen LogP contribution in [0.1, 0.15) is 12.8 Å². The number of anilines is 1. The molecule has 6 nitrogen and oxygen atoms in total. The fourth-order valence-electron chi connectivity index (χ4n) is 3.48. The fraction of sp³-hybridized carbons (Fsp3) is 0.333. The summed E-state index contributed by atoms with van der Waals surface area (Å²) in [7, 11) is 0. The lowest BCUT2D eigenvalue weighted by atomic mass is 10.2. The average Bonchev–Trinajstić information content (AvgIpc) is 3.18. The van der Waals surface area contributed by atoms with Crippen molar-refractivity contribution in [2.24, 2.45) is 0 Å². The van der Waals surface area contributed by atoms with Gasteiger partial charge in [0.05, 0.1) is 38.5 Å². The zero-order chi connectivity index (χ0) is 19.3. The van der Waals surface area contributed by atoms with E-state index in [1.807, 2.05) is 43.3 Å². The third-order valence-electron chi connectivity index (χ3n) is 4.94. The van der Waals surface area contributed by atoms with Crippen molar-refractivity contribution in [3.05, 3.63) is 59.4 Å². The minimum atomic E-state index is 0.537. The van der Waals surface area contributed by atoms with Crippen LogP contribution in [0.3, 0.4) is 0 Å². The van der Waals surface area contributed by atoms with Crippen LogP contribution in [-0.2, 0) is 6.54 Å². The Morgan fingerprint density at radius 2 is 1.82 bits per heavy atom. The zero-order valence-corrected chi connectivity index (χ0v) is 16.7. The second kappa shape index (κ2) is 8.63. The molecule has 0 saturated carbocycles. The maximum atomic E-state index is 5.93. The number of hydrogen-bond acceptors (Lipinski definition) is 5. The molecule has 3 aromatic rings. The van der Waals surface area contributed by atoms with Gasteiger partial charge in [0.15, 0.2) is 6.54 Å². The van der Waals surface area contributed by atoms with Gasteiger partial charge in [0.1, 0.15) is 5.75 Å². The van der Waals surface area contributed by atoms with E-state index in [4.69, 9.17) is 20.8 Å². The van der Waals surface area contributed by atoms with Crippen LogP contribution >= 0.6 is 11.6 Å². The molecular formula is C21H24ClN4O2+. The number of piperazine rings is 1. The molecule has 0 amide bonds. The molecule has 2 aromatic carbocycles. The van der Waals surface area contributed by atoms with Gasteiger partial charge in [0.25, 0.3) is 5.89 Å². The highest BCUT2D eigenvalue weighted by molar-refractivity contribution is 6.30. The first-order valence-corrected chi connectivity index (χ1v) is 9.99. The molecule has 1 N–H and O–H groups in total. The molecule has 0 atom stereocenters. The quantitative estimate of drug-likeness (QED) is 0.690. The Morgan fingerprint density at radius 1 is 1.07 bits per heavy atom. The van der Waals surface area contributed by atoms with Gasteiger partial charge in [-0.25, -0.2) is 0 Å². The van der Waals surface area contributed by atoms with Gasteiger partial charge in [0.2, 0.25) is 5.89 Å². The summed E-state index contributed by atoms with van der Waals surface area (Å²) in [4.78, 5) is 3.83. The highest BCUT2D eigenvalue weighted by Gasteiger charge is 2.24. The Bertz CT molecular complexity index is 905. The number of benzene rings is 2. The van der Waals surface area contributed by atoms with E-state index in [1.54, 1.807) is 0 Å². The second-order valence-electron chi connectivity index (χ2n) is 6.82. The summed E-state index contributed by atoms with van der Waals surface area (Å²) in [5, 5.41) is 9.09. The van der Waals surface area contributed by atoms with Gasteiger partial charge in [-0.2, -0.15) is 0 Å². The van der Waals surface area contributed by atoms with Crippen molar-refractivity contribution < 1.29 is 14.1 Å². The van der Waals surface area contributed by atoms with Gasteiger partial charge in [0, 0.05) is 10.6 Å². The summed E-state index contributed by atoms with van der Waals surface area (Å²) in [6, 6.07) is 15.7. The van der Waals surface area contributed by atoms with Crippen LogP contribution in [0.2, 0.25) is 5.02 Å². The molecule has 0 unspecified atom stereocenters. The van der Waals surface area contributed by atoms with Crippen molar-refractivity contribution in [3.8, 4) is 17.2 Å². The van der Waals surface area contributed by atoms with E-state index in [1.165, 1.54) is 10.6 Å². The number of hydrogen-bond donors (Lipinski definition) is 1. The Kier molecular flexibility index (Phi) is 5.78. The van der Waals surface area contributed by atoms with Gasteiger partial charge in [-0.15, -0.1) is 10.2 Å². The number of halogens is 1. The van der Waals surface area contributed by atoms with Crippen LogP contribution in [0.25, 0.3) is 11.5 Å². The highest BCUT2D eigenvalue weighted by atomic mass is 35.5. The first-order chi connectivity index (χ1) is 13.7. The lowest BCUT2D eigenvalue weighted by molar-refractivity contribution is -0.915. The second-order valence-corrected chi connectivity index (χ2v) is 7.26. The molecule has 0 spiro atoms. The minimum Gasteiger partial charge on any atom is -0.492 e. The van der Waals surface area contributed by atoms with Crippen molar-refractivity contribution in [2.45, 2.75) is 13.5 Å². The van der Waals surface area contributed by atoms with Crippen molar-refractivity contribution in [2.75, 3.05) is 37.7 Å². The smallest absolute Gasteiger partial charge is 0.271 e. The first-order valence-electron chi connectivity index (χ1n) is 9.61. The summed E-state index contributed by atoms with van der Waals surface area (Å²) in [6.07, 6.45) is 0. The summed E-state index contributed by atoms with van der Waals surface area (Å²) in [5.74, 6) is 2.16. The number of quaternary nitrogens is 1. The molecule has 0 aliphatic carbocycles. The monoisotopic (exact) mass is 399 g/mol. The summed E-state index contributed by atoms with van der Waals surface area (Å²) < 4.78 is 11.6. The number of rotatable bonds is 6. The third-order valence-corrected chi connectivity index (χ3v) is 5.19. The SMILES string of the molecule is CCOc1ccccc1N1CC[NH+](Cc2nnc(-c3ccc(Cl)cc3)o2)CC1. The lowest BCUT2D eigenvalue weighted by Gasteiger charge is -2.33. The van der Waals surface area contributed by atoms with Crippen LogP contribution in [0, 0.1) is 0 Å². The predicted molar refractivity (Wildman–Crippen MR) is 109 cm³/mol. The van der Waals surface area contributed by atoms with Crippen LogP contribution in [0.5, 0.6) is 5.75 Å². The van der Waals surface area contributed by atoms with Crippen LogP contribution in [0.4, 0.5) is 5.69 Å². The highest BCUT2D eigenvalue weighted by Crippen LogP contribution is 2.27. The molecule has 1 aromatic heterocycles. The number of nitrogens with zero attached hydrogens (tertiary/aromatic N) is 3. The van der Waals surface area contributed by atoms with Gasteiger partial charge >= 0.3 is 0 Å². The van der Waals surface area contributed by atoms with Gasteiger partial charge in [-0.3, -0.25) is 0 Å². The fourth-order valence-corrected chi connectivity index (χ4v) is 3.61. The molecular weight excluding hydrogens is 376 g/mol.